The summed E-state index contributed by atoms with van der Waals surface area (Å²) < 4.78 is 5.62. The van der Waals surface area contributed by atoms with E-state index in [0.29, 0.717) is 0 Å². The molecule has 0 aromatic rings. The zero-order valence-corrected chi connectivity index (χ0v) is 13.3. The van der Waals surface area contributed by atoms with Crippen LogP contribution in [0.5, 0.6) is 0 Å². The molecule has 0 radical (unpaired) electrons. The molecule has 5 heteroatoms. The summed E-state index contributed by atoms with van der Waals surface area (Å²) in [7, 11) is 3.90. The lowest BCUT2D eigenvalue weighted by Gasteiger charge is -2.25. The Morgan fingerprint density at radius 3 is 2.65 bits per heavy atom. The van der Waals surface area contributed by atoms with Gasteiger partial charge in [-0.1, -0.05) is 0 Å². The smallest absolute Gasteiger partial charge is 0.237 e. The number of nitrogens with one attached hydrogen (secondary N) is 1. The third kappa shape index (κ3) is 6.68. The highest BCUT2D eigenvalue weighted by atomic mass is 16.5. The highest BCUT2D eigenvalue weighted by molar-refractivity contribution is 5.84. The maximum Gasteiger partial charge on any atom is 0.237 e. The molecule has 1 aliphatic carbocycles. The molecule has 0 aromatic heterocycles. The summed E-state index contributed by atoms with van der Waals surface area (Å²) >= 11 is 0. The molecule has 0 aromatic carbocycles. The molecule has 0 saturated heterocycles. The molecule has 3 N–H and O–H groups in total. The molecule has 1 saturated carbocycles. The molecule has 0 aliphatic heterocycles. The van der Waals surface area contributed by atoms with Gasteiger partial charge in [0.15, 0.2) is 0 Å². The van der Waals surface area contributed by atoms with Crippen molar-refractivity contribution in [2.75, 3.05) is 40.4 Å². The quantitative estimate of drug-likeness (QED) is 0.525. The van der Waals surface area contributed by atoms with Gasteiger partial charge < -0.3 is 20.7 Å². The Morgan fingerprint density at radius 1 is 1.40 bits per heavy atom. The highest BCUT2D eigenvalue weighted by Gasteiger charge is 2.27. The van der Waals surface area contributed by atoms with Gasteiger partial charge in [-0.05, 0) is 65.6 Å². The summed E-state index contributed by atoms with van der Waals surface area (Å²) in [5, 5.41) is 3.02. The van der Waals surface area contributed by atoms with Crippen molar-refractivity contribution in [1.82, 2.24) is 10.2 Å². The molecule has 1 amide bonds. The van der Waals surface area contributed by atoms with Crippen molar-refractivity contribution in [3.8, 4) is 0 Å². The fourth-order valence-corrected chi connectivity index (χ4v) is 2.10. The Hall–Kier alpha value is -0.650. The van der Waals surface area contributed by atoms with E-state index in [2.05, 4.69) is 17.3 Å². The van der Waals surface area contributed by atoms with Crippen LogP contribution in [0.2, 0.25) is 0 Å². The zero-order valence-electron chi connectivity index (χ0n) is 13.3. The van der Waals surface area contributed by atoms with Crippen LogP contribution in [0.15, 0.2) is 0 Å². The Labute approximate surface area is 123 Å². The molecule has 1 rings (SSSR count). The minimum atomic E-state index is -0.577. The first-order valence-electron chi connectivity index (χ1n) is 7.73. The van der Waals surface area contributed by atoms with Gasteiger partial charge in [0.05, 0.1) is 12.1 Å². The summed E-state index contributed by atoms with van der Waals surface area (Å²) in [4.78, 5) is 13.6. The van der Waals surface area contributed by atoms with Gasteiger partial charge in [0.2, 0.25) is 5.91 Å². The van der Waals surface area contributed by atoms with E-state index in [0.717, 1.165) is 51.5 Å². The van der Waals surface area contributed by atoms with E-state index in [4.69, 9.17) is 10.5 Å². The third-order valence-electron chi connectivity index (χ3n) is 4.23. The van der Waals surface area contributed by atoms with Crippen molar-refractivity contribution in [3.05, 3.63) is 0 Å². The molecule has 1 unspecified atom stereocenters. The topological polar surface area (TPSA) is 67.6 Å². The van der Waals surface area contributed by atoms with Crippen LogP contribution in [-0.4, -0.2) is 56.7 Å². The molecule has 1 fully saturated rings. The summed E-state index contributed by atoms with van der Waals surface area (Å²) in [6, 6.07) is 0. The number of rotatable bonds is 12. The van der Waals surface area contributed by atoms with E-state index < -0.39 is 5.54 Å². The van der Waals surface area contributed by atoms with Crippen LogP contribution >= 0.6 is 0 Å². The number of ether oxygens (including phenoxy) is 1. The molecule has 5 nitrogen and oxygen atoms in total. The molecule has 1 atom stereocenters. The van der Waals surface area contributed by atoms with Crippen LogP contribution in [0.1, 0.15) is 39.0 Å². The maximum absolute atomic E-state index is 11.3. The van der Waals surface area contributed by atoms with Gasteiger partial charge in [0, 0.05) is 13.2 Å². The number of likely N-dealkylation sites (N-methyl/N-ethyl adjacent to an activating group) is 2. The highest BCUT2D eigenvalue weighted by Crippen LogP contribution is 2.28. The normalized spacial score (nSPS) is 18.2. The first-order valence-corrected chi connectivity index (χ1v) is 7.73. The van der Waals surface area contributed by atoms with E-state index in [-0.39, 0.29) is 5.91 Å². The Bertz CT molecular complexity index is 295. The summed E-state index contributed by atoms with van der Waals surface area (Å²) in [5.74, 6) is 0.565. The van der Waals surface area contributed by atoms with Crippen LogP contribution in [0.4, 0.5) is 0 Å². The molecule has 0 bridgehead atoms. The number of nitrogens with zero attached hydrogens (tertiary/aromatic N) is 1. The van der Waals surface area contributed by atoms with Gasteiger partial charge >= 0.3 is 0 Å². The summed E-state index contributed by atoms with van der Waals surface area (Å²) in [6.45, 7) is 5.64. The maximum atomic E-state index is 11.3. The van der Waals surface area contributed by atoms with Crippen molar-refractivity contribution < 1.29 is 9.53 Å². The molecule has 1 aliphatic rings. The van der Waals surface area contributed by atoms with Crippen LogP contribution < -0.4 is 11.1 Å². The van der Waals surface area contributed by atoms with Gasteiger partial charge in [-0.15, -0.1) is 0 Å². The minimum absolute atomic E-state index is 0.276. The lowest BCUT2D eigenvalue weighted by atomic mass is 9.94. The first kappa shape index (κ1) is 17.4. The number of nitrogens with two attached hydrogens (primary N) is 1. The van der Waals surface area contributed by atoms with Gasteiger partial charge in [-0.25, -0.2) is 0 Å². The van der Waals surface area contributed by atoms with Gasteiger partial charge in [-0.2, -0.15) is 0 Å². The molecule has 20 heavy (non-hydrogen) atoms. The number of carbonyl (C=O) groups is 1. The third-order valence-corrected chi connectivity index (χ3v) is 4.23. The minimum Gasteiger partial charge on any atom is -0.380 e. The van der Waals surface area contributed by atoms with Crippen molar-refractivity contribution in [2.24, 2.45) is 11.7 Å². The van der Waals surface area contributed by atoms with Crippen LogP contribution in [0.25, 0.3) is 0 Å². The number of primary amides is 1. The van der Waals surface area contributed by atoms with Crippen LogP contribution in [-0.2, 0) is 9.53 Å². The van der Waals surface area contributed by atoms with Gasteiger partial charge in [0.1, 0.15) is 0 Å². The van der Waals surface area contributed by atoms with Gasteiger partial charge in [0.25, 0.3) is 0 Å². The fraction of sp³-hybridized carbons (Fsp3) is 0.933. The second kappa shape index (κ2) is 8.60. The Morgan fingerprint density at radius 2 is 2.10 bits per heavy atom. The van der Waals surface area contributed by atoms with E-state index in [1.165, 1.54) is 12.8 Å². The average molecular weight is 285 g/mol. The number of amides is 1. The first-order chi connectivity index (χ1) is 9.48. The molecule has 0 heterocycles. The lowest BCUT2D eigenvalue weighted by Crippen LogP contribution is -2.51. The van der Waals surface area contributed by atoms with E-state index in [1.54, 1.807) is 7.05 Å². The SMILES string of the molecule is CNC(C)(CCCCN(C)CCOCC1CC1)C(N)=O. The largest absolute Gasteiger partial charge is 0.380 e. The van der Waals surface area contributed by atoms with Crippen LogP contribution in [0.3, 0.4) is 0 Å². The van der Waals surface area contributed by atoms with Gasteiger partial charge in [-0.3, -0.25) is 4.79 Å². The standard InChI is InChI=1S/C15H31N3O2/c1-15(17-2,14(16)19)8-4-5-9-18(3)10-11-20-12-13-6-7-13/h13,17H,4-12H2,1-3H3,(H2,16,19). The Kier molecular flexibility index (Phi) is 7.48. The number of carbonyl (C=O) groups excluding carboxylic acids is 1. The molecule has 0 spiro atoms. The predicted molar refractivity (Wildman–Crippen MR) is 81.6 cm³/mol. The number of hydrogen-bond acceptors (Lipinski definition) is 4. The van der Waals surface area contributed by atoms with E-state index >= 15 is 0 Å². The molecule has 118 valence electrons. The average Bonchev–Trinajstić information content (AvgIpc) is 3.23. The number of hydrogen-bond donors (Lipinski definition) is 2. The second-order valence-corrected chi connectivity index (χ2v) is 6.23. The molecular weight excluding hydrogens is 254 g/mol. The zero-order chi connectivity index (χ0) is 15.0. The van der Waals surface area contributed by atoms with Crippen molar-refractivity contribution in [2.45, 2.75) is 44.6 Å². The fourth-order valence-electron chi connectivity index (χ4n) is 2.10. The lowest BCUT2D eigenvalue weighted by molar-refractivity contribution is -0.123. The van der Waals surface area contributed by atoms with Crippen molar-refractivity contribution >= 4 is 5.91 Å². The van der Waals surface area contributed by atoms with Crippen molar-refractivity contribution in [1.29, 1.82) is 0 Å². The summed E-state index contributed by atoms with van der Waals surface area (Å²) in [6.07, 6.45) is 5.54. The summed E-state index contributed by atoms with van der Waals surface area (Å²) in [5.41, 5.74) is 4.83. The molecular formula is C15H31N3O2. The van der Waals surface area contributed by atoms with E-state index in [1.807, 2.05) is 6.92 Å². The number of unbranched alkanes of at least 4 members (excludes halogenated alkanes) is 1. The predicted octanol–water partition coefficient (Wildman–Crippen LogP) is 0.979. The Balaban J connectivity index is 1.99. The second-order valence-electron chi connectivity index (χ2n) is 6.23. The van der Waals surface area contributed by atoms with Crippen LogP contribution in [0, 0.1) is 5.92 Å². The van der Waals surface area contributed by atoms with Crippen molar-refractivity contribution in [3.63, 3.8) is 0 Å². The monoisotopic (exact) mass is 285 g/mol. The van der Waals surface area contributed by atoms with E-state index in [9.17, 15) is 4.79 Å².